The molecule has 9 heteroatoms. The second-order valence-electron chi connectivity index (χ2n) is 7.57. The van der Waals surface area contributed by atoms with Gasteiger partial charge in [-0.3, -0.25) is 4.79 Å². The predicted molar refractivity (Wildman–Crippen MR) is 121 cm³/mol. The van der Waals surface area contributed by atoms with Crippen molar-refractivity contribution in [3.63, 3.8) is 0 Å². The lowest BCUT2D eigenvalue weighted by Gasteiger charge is -2.29. The van der Waals surface area contributed by atoms with Crippen LogP contribution in [0.3, 0.4) is 0 Å². The lowest BCUT2D eigenvalue weighted by Crippen LogP contribution is -2.39. The molecule has 8 nitrogen and oxygen atoms in total. The maximum Gasteiger partial charge on any atom is 0.407 e. The maximum atomic E-state index is 12.3. The summed E-state index contributed by atoms with van der Waals surface area (Å²) < 4.78 is 22.4. The first kappa shape index (κ1) is 23.8. The van der Waals surface area contributed by atoms with Crippen LogP contribution in [-0.4, -0.2) is 35.6 Å². The van der Waals surface area contributed by atoms with Crippen LogP contribution in [0.15, 0.2) is 54.6 Å². The number of ether oxygens (including phenoxy) is 2. The molecule has 1 unspecified atom stereocenters. The number of carbonyl (C=O) groups excluding carboxylic acids is 2. The molecule has 1 aliphatic rings. The van der Waals surface area contributed by atoms with Crippen LogP contribution in [0.4, 0.5) is 4.79 Å². The van der Waals surface area contributed by atoms with Crippen molar-refractivity contribution in [2.24, 2.45) is 0 Å². The van der Waals surface area contributed by atoms with Crippen LogP contribution in [0, 0.1) is 0 Å². The molecule has 2 aromatic rings. The normalized spacial score (nSPS) is 14.7. The highest BCUT2D eigenvalue weighted by Crippen LogP contribution is 2.26. The van der Waals surface area contributed by atoms with E-state index < -0.39 is 26.7 Å². The molecule has 0 aromatic heterocycles. The number of esters is 1. The monoisotopic (exact) mass is 460 g/mol. The molecule has 0 spiro atoms. The average Bonchev–Trinajstić information content (AvgIpc) is 2.79. The zero-order chi connectivity index (χ0) is 22.8. The number of rotatable bonds is 11. The lowest BCUT2D eigenvalue weighted by atomic mass is 9.96. The van der Waals surface area contributed by atoms with Crippen LogP contribution in [0.5, 0.6) is 5.75 Å². The molecule has 32 heavy (non-hydrogen) atoms. The molecule has 1 fully saturated rings. The van der Waals surface area contributed by atoms with Crippen molar-refractivity contribution in [1.82, 2.24) is 10.2 Å². The smallest absolute Gasteiger partial charge is 0.407 e. The minimum Gasteiger partial charge on any atom is -0.461 e. The number of amides is 1. The third-order valence-corrected chi connectivity index (χ3v) is 5.97. The first-order valence-electron chi connectivity index (χ1n) is 10.7. The fraction of sp³-hybridized carbons (Fsp3) is 0.391. The van der Waals surface area contributed by atoms with Crippen LogP contribution in [-0.2, 0) is 31.9 Å². The van der Waals surface area contributed by atoms with Gasteiger partial charge in [-0.1, -0.05) is 53.4 Å². The highest BCUT2D eigenvalue weighted by Gasteiger charge is 2.29. The number of alkyl carbamates (subject to hydrolysis) is 1. The molecule has 172 valence electrons. The molecule has 0 aliphatic heterocycles. The second-order valence-corrected chi connectivity index (χ2v) is 8.29. The molecule has 0 bridgehead atoms. The SMILES string of the molecule is C[C@@H](C(=O)OC1CCC1)N(Oc1ccccc1CCNC(=O)OCc1ccccc1)[PH2]=O. The summed E-state index contributed by atoms with van der Waals surface area (Å²) in [5, 5.41) is 2.71. The topological polar surface area (TPSA) is 94.2 Å². The van der Waals surface area contributed by atoms with Crippen LogP contribution in [0.25, 0.3) is 0 Å². The van der Waals surface area contributed by atoms with Gasteiger partial charge < -0.3 is 24.2 Å². The average molecular weight is 460 g/mol. The van der Waals surface area contributed by atoms with Gasteiger partial charge in [0.2, 0.25) is 0 Å². The summed E-state index contributed by atoms with van der Waals surface area (Å²) in [7, 11) is -1.51. The number of hydrogen-bond acceptors (Lipinski definition) is 6. The molecule has 0 radical (unpaired) electrons. The van der Waals surface area contributed by atoms with Gasteiger partial charge in [0.1, 0.15) is 18.8 Å². The van der Waals surface area contributed by atoms with Gasteiger partial charge in [0.25, 0.3) is 0 Å². The fourth-order valence-electron chi connectivity index (χ4n) is 3.03. The van der Waals surface area contributed by atoms with Gasteiger partial charge in [-0.15, -0.1) is 0 Å². The summed E-state index contributed by atoms with van der Waals surface area (Å²) in [6.07, 6.45) is 2.71. The molecular formula is C23H29N2O6P. The molecule has 0 heterocycles. The summed E-state index contributed by atoms with van der Waals surface area (Å²) in [6.45, 7) is 2.14. The third kappa shape index (κ3) is 7.11. The van der Waals surface area contributed by atoms with Crippen LogP contribution < -0.4 is 10.2 Å². The van der Waals surface area contributed by atoms with Gasteiger partial charge in [-0.25, -0.2) is 4.79 Å². The van der Waals surface area contributed by atoms with Gasteiger partial charge in [0.05, 0.1) is 0 Å². The molecule has 3 rings (SSSR count). The predicted octanol–water partition coefficient (Wildman–Crippen LogP) is 3.91. The fourth-order valence-corrected chi connectivity index (χ4v) is 3.49. The summed E-state index contributed by atoms with van der Waals surface area (Å²) in [6, 6.07) is 15.9. The number of para-hydroxylation sites is 1. The highest BCUT2D eigenvalue weighted by atomic mass is 31.1. The Hall–Kier alpha value is -2.83. The van der Waals surface area contributed by atoms with Gasteiger partial charge in [-0.05, 0) is 49.8 Å². The van der Waals surface area contributed by atoms with E-state index in [1.165, 1.54) is 0 Å². The molecular weight excluding hydrogens is 431 g/mol. The van der Waals surface area contributed by atoms with Crippen molar-refractivity contribution < 1.29 is 28.5 Å². The van der Waals surface area contributed by atoms with Crippen molar-refractivity contribution in [3.8, 4) is 5.75 Å². The number of nitrogens with one attached hydrogen (secondary N) is 1. The van der Waals surface area contributed by atoms with Crippen molar-refractivity contribution in [1.29, 1.82) is 0 Å². The van der Waals surface area contributed by atoms with Crippen molar-refractivity contribution in [2.75, 3.05) is 6.54 Å². The molecule has 0 saturated heterocycles. The quantitative estimate of drug-likeness (QED) is 0.309. The zero-order valence-electron chi connectivity index (χ0n) is 18.1. The lowest BCUT2D eigenvalue weighted by molar-refractivity contribution is -0.163. The Kier molecular flexibility index (Phi) is 9.13. The minimum atomic E-state index is -1.51. The van der Waals surface area contributed by atoms with E-state index in [-0.39, 0.29) is 12.7 Å². The standard InChI is InChI=1S/C23H29N2O6P/c1-17(22(26)30-20-11-7-12-20)25(32-28)31-21-13-6-5-10-19(21)14-15-24-23(27)29-16-18-8-3-2-4-9-18/h2-6,8-10,13,17,20H,7,11-12,14-16,32H2,1H3,(H,24,27)/t17-/m0/s1. The largest absolute Gasteiger partial charge is 0.461 e. The van der Waals surface area contributed by atoms with Gasteiger partial charge in [0, 0.05) is 6.54 Å². The van der Waals surface area contributed by atoms with E-state index in [4.69, 9.17) is 14.3 Å². The van der Waals surface area contributed by atoms with Crippen LogP contribution >= 0.6 is 8.61 Å². The minimum absolute atomic E-state index is 0.0477. The molecule has 1 aliphatic carbocycles. The van der Waals surface area contributed by atoms with Gasteiger partial charge in [0.15, 0.2) is 14.4 Å². The number of nitrogens with zero attached hydrogens (tertiary/aromatic N) is 1. The van der Waals surface area contributed by atoms with Gasteiger partial charge in [-0.2, -0.15) is 0 Å². The number of benzene rings is 2. The van der Waals surface area contributed by atoms with E-state index in [1.54, 1.807) is 19.1 Å². The Balaban J connectivity index is 1.49. The number of carbonyl (C=O) groups is 2. The molecule has 1 saturated carbocycles. The van der Waals surface area contributed by atoms with E-state index in [2.05, 4.69) is 5.32 Å². The molecule has 2 aromatic carbocycles. The molecule has 1 amide bonds. The van der Waals surface area contributed by atoms with Crippen molar-refractivity contribution in [2.45, 2.75) is 51.4 Å². The van der Waals surface area contributed by atoms with E-state index in [0.717, 1.165) is 35.2 Å². The van der Waals surface area contributed by atoms with E-state index in [9.17, 15) is 14.2 Å². The Bertz CT molecular complexity index is 906. The van der Waals surface area contributed by atoms with E-state index in [0.29, 0.717) is 18.7 Å². The third-order valence-electron chi connectivity index (χ3n) is 5.21. The summed E-state index contributed by atoms with van der Waals surface area (Å²) in [5.41, 5.74) is 1.71. The van der Waals surface area contributed by atoms with Crippen molar-refractivity contribution >= 4 is 20.7 Å². The first-order valence-corrected chi connectivity index (χ1v) is 11.7. The maximum absolute atomic E-state index is 12.3. The Morgan fingerprint density at radius 1 is 1.12 bits per heavy atom. The van der Waals surface area contributed by atoms with Crippen molar-refractivity contribution in [3.05, 3.63) is 65.7 Å². The van der Waals surface area contributed by atoms with E-state index in [1.807, 2.05) is 42.5 Å². The summed E-state index contributed by atoms with van der Waals surface area (Å²) in [4.78, 5) is 31.2. The Morgan fingerprint density at radius 2 is 1.84 bits per heavy atom. The number of hydrogen-bond donors (Lipinski definition) is 1. The highest BCUT2D eigenvalue weighted by molar-refractivity contribution is 7.20. The molecule has 2 atom stereocenters. The Morgan fingerprint density at radius 3 is 2.53 bits per heavy atom. The van der Waals surface area contributed by atoms with Gasteiger partial charge >= 0.3 is 12.1 Å². The summed E-state index contributed by atoms with van der Waals surface area (Å²) >= 11 is 0. The molecule has 1 N–H and O–H groups in total. The number of hydroxylamine groups is 1. The summed E-state index contributed by atoms with van der Waals surface area (Å²) in [5.74, 6) is 0.0250. The second kappa shape index (κ2) is 12.3. The first-order chi connectivity index (χ1) is 15.6. The zero-order valence-corrected chi connectivity index (χ0v) is 19.2. The van der Waals surface area contributed by atoms with Crippen LogP contribution in [0.2, 0.25) is 0 Å². The van der Waals surface area contributed by atoms with Crippen LogP contribution in [0.1, 0.15) is 37.3 Å². The Labute approximate surface area is 189 Å². The van der Waals surface area contributed by atoms with E-state index >= 15 is 0 Å².